The molecule has 186 valence electrons. The van der Waals surface area contributed by atoms with Crippen LogP contribution in [0.15, 0.2) is 29.3 Å². The van der Waals surface area contributed by atoms with Gasteiger partial charge in [-0.2, -0.15) is 0 Å². The van der Waals surface area contributed by atoms with Crippen LogP contribution in [-0.4, -0.2) is 81.0 Å². The number of hydrogen-bond donors (Lipinski definition) is 1. The summed E-state index contributed by atoms with van der Waals surface area (Å²) in [7, 11) is 1.90. The van der Waals surface area contributed by atoms with Crippen LogP contribution in [0.1, 0.15) is 62.1 Å². The zero-order chi connectivity index (χ0) is 22.2. The van der Waals surface area contributed by atoms with Gasteiger partial charge in [-0.3, -0.25) is 9.89 Å². The maximum Gasteiger partial charge on any atom is 0.193 e. The Bertz CT molecular complexity index is 710. The summed E-state index contributed by atoms with van der Waals surface area (Å²) in [4.78, 5) is 9.63. The number of benzene rings is 1. The Morgan fingerprint density at radius 2 is 1.79 bits per heavy atom. The number of likely N-dealkylation sites (tertiary alicyclic amines) is 2. The van der Waals surface area contributed by atoms with Crippen molar-refractivity contribution in [3.8, 4) is 0 Å². The number of aryl methyl sites for hydroxylation is 1. The van der Waals surface area contributed by atoms with Crippen molar-refractivity contribution in [1.29, 1.82) is 0 Å². The average Bonchev–Trinajstić information content (AvgIpc) is 3.37. The number of ether oxygens (including phenoxy) is 2. The van der Waals surface area contributed by atoms with E-state index in [2.05, 4.69) is 51.3 Å². The van der Waals surface area contributed by atoms with Crippen molar-refractivity contribution < 1.29 is 9.47 Å². The van der Waals surface area contributed by atoms with Gasteiger partial charge in [0, 0.05) is 33.3 Å². The van der Waals surface area contributed by atoms with Crippen LogP contribution < -0.4 is 5.32 Å². The zero-order valence-corrected chi connectivity index (χ0v) is 22.8. The lowest BCUT2D eigenvalue weighted by Crippen LogP contribution is -2.49. The molecule has 3 saturated heterocycles. The molecule has 0 radical (unpaired) electrons. The number of rotatable bonds is 7. The summed E-state index contributed by atoms with van der Waals surface area (Å²) in [5, 5.41) is 3.70. The molecule has 4 rings (SSSR count). The molecule has 3 aliphatic rings. The average molecular weight is 571 g/mol. The SMILES string of the molecule is CN=C(NCC(c1ccc(C)cc1)N1CCCC1)N1CCC(OCC2CCCCO2)CC1.I. The van der Waals surface area contributed by atoms with Gasteiger partial charge in [0.05, 0.1) is 24.9 Å². The number of guanidine groups is 1. The van der Waals surface area contributed by atoms with Gasteiger partial charge in [-0.15, -0.1) is 24.0 Å². The number of piperidine rings is 1. The van der Waals surface area contributed by atoms with Crippen molar-refractivity contribution in [2.24, 2.45) is 4.99 Å². The molecule has 0 spiro atoms. The van der Waals surface area contributed by atoms with Gasteiger partial charge >= 0.3 is 0 Å². The maximum atomic E-state index is 6.20. The second-order valence-electron chi connectivity index (χ2n) is 9.61. The number of nitrogens with one attached hydrogen (secondary N) is 1. The minimum absolute atomic E-state index is 0. The summed E-state index contributed by atoms with van der Waals surface area (Å²) in [5.74, 6) is 1.02. The van der Waals surface area contributed by atoms with Crippen LogP contribution in [0.4, 0.5) is 0 Å². The van der Waals surface area contributed by atoms with E-state index in [-0.39, 0.29) is 24.0 Å². The van der Waals surface area contributed by atoms with E-state index in [1.54, 1.807) is 0 Å². The fourth-order valence-corrected chi connectivity index (χ4v) is 5.24. The monoisotopic (exact) mass is 570 g/mol. The van der Waals surface area contributed by atoms with Gasteiger partial charge < -0.3 is 19.7 Å². The Morgan fingerprint density at radius 3 is 2.42 bits per heavy atom. The number of hydrogen-bond acceptors (Lipinski definition) is 4. The Balaban J connectivity index is 0.00000306. The van der Waals surface area contributed by atoms with Gasteiger partial charge in [-0.05, 0) is 70.5 Å². The zero-order valence-electron chi connectivity index (χ0n) is 20.5. The molecule has 0 aliphatic carbocycles. The lowest BCUT2D eigenvalue weighted by molar-refractivity contribution is -0.0721. The molecule has 1 aromatic carbocycles. The molecular formula is C26H43IN4O2. The highest BCUT2D eigenvalue weighted by atomic mass is 127. The summed E-state index contributed by atoms with van der Waals surface area (Å²) < 4.78 is 12.0. The molecule has 33 heavy (non-hydrogen) atoms. The fourth-order valence-electron chi connectivity index (χ4n) is 5.24. The van der Waals surface area contributed by atoms with E-state index in [0.717, 1.165) is 58.1 Å². The first-order valence-corrected chi connectivity index (χ1v) is 12.7. The van der Waals surface area contributed by atoms with Crippen LogP contribution in [0, 0.1) is 6.92 Å². The van der Waals surface area contributed by atoms with Crippen molar-refractivity contribution >= 4 is 29.9 Å². The fraction of sp³-hybridized carbons (Fsp3) is 0.731. The molecule has 0 amide bonds. The molecule has 0 aromatic heterocycles. The van der Waals surface area contributed by atoms with Crippen LogP contribution in [0.5, 0.6) is 0 Å². The Morgan fingerprint density at radius 1 is 1.06 bits per heavy atom. The van der Waals surface area contributed by atoms with E-state index < -0.39 is 0 Å². The topological polar surface area (TPSA) is 49.3 Å². The van der Waals surface area contributed by atoms with Gasteiger partial charge in [0.15, 0.2) is 5.96 Å². The van der Waals surface area contributed by atoms with Crippen LogP contribution in [0.25, 0.3) is 0 Å². The highest BCUT2D eigenvalue weighted by molar-refractivity contribution is 14.0. The molecule has 3 fully saturated rings. The van der Waals surface area contributed by atoms with E-state index >= 15 is 0 Å². The van der Waals surface area contributed by atoms with Crippen molar-refractivity contribution in [2.45, 2.75) is 70.1 Å². The van der Waals surface area contributed by atoms with Crippen LogP contribution in [-0.2, 0) is 9.47 Å². The quantitative estimate of drug-likeness (QED) is 0.300. The van der Waals surface area contributed by atoms with Crippen molar-refractivity contribution in [2.75, 3.05) is 53.0 Å². The van der Waals surface area contributed by atoms with Crippen molar-refractivity contribution in [1.82, 2.24) is 15.1 Å². The molecule has 0 bridgehead atoms. The summed E-state index contributed by atoms with van der Waals surface area (Å²) in [5.41, 5.74) is 2.72. The molecule has 2 atom stereocenters. The van der Waals surface area contributed by atoms with E-state index in [0.29, 0.717) is 18.2 Å². The van der Waals surface area contributed by atoms with E-state index in [1.165, 1.54) is 49.9 Å². The van der Waals surface area contributed by atoms with Gasteiger partial charge in [0.25, 0.3) is 0 Å². The lowest BCUT2D eigenvalue weighted by Gasteiger charge is -2.36. The summed E-state index contributed by atoms with van der Waals surface area (Å²) in [6.45, 7) is 9.07. The van der Waals surface area contributed by atoms with Crippen molar-refractivity contribution in [3.05, 3.63) is 35.4 Å². The number of nitrogens with zero attached hydrogens (tertiary/aromatic N) is 3. The third-order valence-corrected chi connectivity index (χ3v) is 7.24. The van der Waals surface area contributed by atoms with Gasteiger partial charge in [-0.1, -0.05) is 29.8 Å². The highest BCUT2D eigenvalue weighted by Gasteiger charge is 2.26. The minimum Gasteiger partial charge on any atom is -0.376 e. The lowest BCUT2D eigenvalue weighted by atomic mass is 10.0. The number of aliphatic imine (C=N–C) groups is 1. The highest BCUT2D eigenvalue weighted by Crippen LogP contribution is 2.25. The standard InChI is InChI=1S/C26H42N4O2.HI/c1-21-8-10-22(11-9-21)25(29-14-4-5-15-29)19-28-26(27-2)30-16-12-23(13-17-30)32-20-24-7-3-6-18-31-24;/h8-11,23-25H,3-7,12-20H2,1-2H3,(H,27,28);1H. The first-order valence-electron chi connectivity index (χ1n) is 12.7. The molecule has 1 aromatic rings. The summed E-state index contributed by atoms with van der Waals surface area (Å²) >= 11 is 0. The van der Waals surface area contributed by atoms with Crippen LogP contribution in [0.3, 0.4) is 0 Å². The predicted molar refractivity (Wildman–Crippen MR) is 146 cm³/mol. The molecule has 1 N–H and O–H groups in total. The second kappa shape index (κ2) is 13.9. The largest absolute Gasteiger partial charge is 0.376 e. The predicted octanol–water partition coefficient (Wildman–Crippen LogP) is 4.38. The molecule has 3 heterocycles. The normalized spacial score (nSPS) is 23.9. The summed E-state index contributed by atoms with van der Waals surface area (Å²) in [6.07, 6.45) is 8.99. The molecule has 2 unspecified atom stereocenters. The maximum absolute atomic E-state index is 6.20. The van der Waals surface area contributed by atoms with Gasteiger partial charge in [0.2, 0.25) is 0 Å². The third-order valence-electron chi connectivity index (χ3n) is 7.24. The molecule has 6 nitrogen and oxygen atoms in total. The minimum atomic E-state index is 0. The third kappa shape index (κ3) is 7.80. The molecular weight excluding hydrogens is 527 g/mol. The van der Waals surface area contributed by atoms with Gasteiger partial charge in [0.1, 0.15) is 0 Å². The Labute approximate surface area is 217 Å². The Kier molecular flexibility index (Phi) is 11.2. The van der Waals surface area contributed by atoms with Gasteiger partial charge in [-0.25, -0.2) is 0 Å². The first kappa shape index (κ1) is 26.7. The van der Waals surface area contributed by atoms with Crippen LogP contribution in [0.2, 0.25) is 0 Å². The van der Waals surface area contributed by atoms with E-state index in [1.807, 2.05) is 7.05 Å². The van der Waals surface area contributed by atoms with E-state index in [9.17, 15) is 0 Å². The smallest absolute Gasteiger partial charge is 0.193 e. The first-order chi connectivity index (χ1) is 15.7. The van der Waals surface area contributed by atoms with E-state index in [4.69, 9.17) is 9.47 Å². The molecule has 7 heteroatoms. The molecule has 3 aliphatic heterocycles. The van der Waals surface area contributed by atoms with Crippen LogP contribution >= 0.6 is 24.0 Å². The molecule has 0 saturated carbocycles. The second-order valence-corrected chi connectivity index (χ2v) is 9.61. The number of halogens is 1. The Hall–Kier alpha value is -0.900. The summed E-state index contributed by atoms with van der Waals surface area (Å²) in [6, 6.07) is 9.45. The van der Waals surface area contributed by atoms with Crippen molar-refractivity contribution in [3.63, 3.8) is 0 Å².